The Labute approximate surface area is 185 Å². The Kier molecular flexibility index (Phi) is 8.91. The van der Waals surface area contributed by atoms with Gasteiger partial charge < -0.3 is 24.1 Å². The quantitative estimate of drug-likeness (QED) is 0.267. The van der Waals surface area contributed by atoms with Crippen LogP contribution < -0.4 is 5.32 Å². The molecule has 32 heavy (non-hydrogen) atoms. The molecule has 4 amide bonds. The Morgan fingerprint density at radius 1 is 0.969 bits per heavy atom. The number of amides is 4. The van der Waals surface area contributed by atoms with Crippen LogP contribution in [0.1, 0.15) is 19.3 Å². The number of aliphatic hydroxyl groups is 1. The maximum absolute atomic E-state index is 13.0. The van der Waals surface area contributed by atoms with Crippen LogP contribution in [-0.2, 0) is 38.1 Å². The fourth-order valence-electron chi connectivity index (χ4n) is 3.73. The normalized spacial score (nSPS) is 23.1. The molecule has 2 heterocycles. The third-order valence-electron chi connectivity index (χ3n) is 5.23. The summed E-state index contributed by atoms with van der Waals surface area (Å²) in [6, 6.07) is -0.982. The lowest BCUT2D eigenvalue weighted by Crippen LogP contribution is -2.54. The molecule has 0 radical (unpaired) electrons. The first-order chi connectivity index (χ1) is 15.5. The topological polar surface area (TPSA) is 141 Å². The molecule has 0 aromatic rings. The standard InChI is InChI=1S/C21H28N2O9/c24-6-7-29-8-9-30-10-11-31-12-13-32-16-3-1-2-14-18(16)21(28)23(20(14)27)15-4-5-17(25)22-19(15)26/h1,3,14-15,24H,2,4-13H2,(H,22,25,26). The number of fused-ring (bicyclic) bond motifs is 1. The Balaban J connectivity index is 1.46. The van der Waals surface area contributed by atoms with Gasteiger partial charge in [0, 0.05) is 6.42 Å². The lowest BCUT2D eigenvalue weighted by Gasteiger charge is -2.27. The number of piperidine rings is 1. The van der Waals surface area contributed by atoms with Crippen molar-refractivity contribution in [3.05, 3.63) is 23.5 Å². The first-order valence-corrected chi connectivity index (χ1v) is 10.6. The van der Waals surface area contributed by atoms with E-state index in [1.54, 1.807) is 12.2 Å². The van der Waals surface area contributed by atoms with Gasteiger partial charge in [-0.2, -0.15) is 0 Å². The van der Waals surface area contributed by atoms with E-state index in [1.807, 2.05) is 0 Å². The molecule has 11 nitrogen and oxygen atoms in total. The smallest absolute Gasteiger partial charge is 0.261 e. The summed E-state index contributed by atoms with van der Waals surface area (Å²) < 4.78 is 21.5. The van der Waals surface area contributed by atoms with E-state index >= 15 is 0 Å². The van der Waals surface area contributed by atoms with E-state index in [0.29, 0.717) is 38.6 Å². The van der Waals surface area contributed by atoms with Crippen molar-refractivity contribution >= 4 is 23.6 Å². The van der Waals surface area contributed by atoms with Gasteiger partial charge >= 0.3 is 0 Å². The molecule has 2 atom stereocenters. The predicted octanol–water partition coefficient (Wildman–Crippen LogP) is -0.951. The fraction of sp³-hybridized carbons (Fsp3) is 0.619. The van der Waals surface area contributed by atoms with Crippen LogP contribution >= 0.6 is 0 Å². The molecule has 0 saturated carbocycles. The minimum Gasteiger partial charge on any atom is -0.491 e. The van der Waals surface area contributed by atoms with Crippen LogP contribution in [0, 0.1) is 5.92 Å². The lowest BCUT2D eigenvalue weighted by atomic mass is 9.92. The van der Waals surface area contributed by atoms with E-state index in [-0.39, 0.29) is 44.8 Å². The van der Waals surface area contributed by atoms with Crippen LogP contribution in [-0.4, -0.2) is 92.5 Å². The van der Waals surface area contributed by atoms with E-state index in [2.05, 4.69) is 5.32 Å². The average Bonchev–Trinajstić information content (AvgIpc) is 3.03. The number of rotatable bonds is 13. The molecule has 3 rings (SSSR count). The monoisotopic (exact) mass is 452 g/mol. The summed E-state index contributed by atoms with van der Waals surface area (Å²) in [5.74, 6) is -2.42. The zero-order valence-corrected chi connectivity index (χ0v) is 17.7. The molecule has 0 aromatic heterocycles. The highest BCUT2D eigenvalue weighted by Crippen LogP contribution is 2.37. The number of aliphatic hydroxyl groups excluding tert-OH is 1. The van der Waals surface area contributed by atoms with Crippen LogP contribution in [0.2, 0.25) is 0 Å². The van der Waals surface area contributed by atoms with Gasteiger partial charge in [-0.1, -0.05) is 6.08 Å². The first-order valence-electron chi connectivity index (χ1n) is 10.6. The summed E-state index contributed by atoms with van der Waals surface area (Å²) in [6.45, 7) is 2.24. The highest BCUT2D eigenvalue weighted by molar-refractivity contribution is 6.18. The number of carbonyl (C=O) groups is 4. The van der Waals surface area contributed by atoms with Crippen molar-refractivity contribution in [2.24, 2.45) is 5.92 Å². The molecule has 2 N–H and O–H groups in total. The number of imide groups is 2. The molecule has 2 unspecified atom stereocenters. The number of carbonyl (C=O) groups excluding carboxylic acids is 4. The molecule has 3 aliphatic rings. The van der Waals surface area contributed by atoms with Crippen molar-refractivity contribution in [2.45, 2.75) is 25.3 Å². The van der Waals surface area contributed by atoms with Gasteiger partial charge in [-0.05, 0) is 18.9 Å². The zero-order valence-electron chi connectivity index (χ0n) is 17.7. The number of hydrogen-bond donors (Lipinski definition) is 2. The van der Waals surface area contributed by atoms with Crippen molar-refractivity contribution in [1.82, 2.24) is 10.2 Å². The minimum atomic E-state index is -0.982. The molecule has 2 fully saturated rings. The van der Waals surface area contributed by atoms with Crippen molar-refractivity contribution in [1.29, 1.82) is 0 Å². The van der Waals surface area contributed by atoms with Crippen molar-refractivity contribution in [3.8, 4) is 0 Å². The van der Waals surface area contributed by atoms with Crippen LogP contribution in [0.25, 0.3) is 0 Å². The Morgan fingerprint density at radius 3 is 2.28 bits per heavy atom. The summed E-state index contributed by atoms with van der Waals surface area (Å²) >= 11 is 0. The lowest BCUT2D eigenvalue weighted by molar-refractivity contribution is -0.150. The molecular weight excluding hydrogens is 424 g/mol. The third kappa shape index (κ3) is 5.80. The molecule has 2 aliphatic heterocycles. The average molecular weight is 452 g/mol. The number of hydrogen-bond acceptors (Lipinski definition) is 9. The molecule has 0 aromatic carbocycles. The summed E-state index contributed by atoms with van der Waals surface area (Å²) in [4.78, 5) is 50.4. The maximum atomic E-state index is 13.0. The van der Waals surface area contributed by atoms with Gasteiger partial charge in [-0.25, -0.2) is 0 Å². The van der Waals surface area contributed by atoms with Crippen LogP contribution in [0.5, 0.6) is 0 Å². The van der Waals surface area contributed by atoms with E-state index in [9.17, 15) is 19.2 Å². The van der Waals surface area contributed by atoms with Gasteiger partial charge in [0.15, 0.2) is 0 Å². The first kappa shape index (κ1) is 24.1. The van der Waals surface area contributed by atoms with E-state index in [1.165, 1.54) is 0 Å². The second kappa shape index (κ2) is 11.9. The largest absolute Gasteiger partial charge is 0.491 e. The van der Waals surface area contributed by atoms with Crippen molar-refractivity contribution < 1.29 is 43.2 Å². The Bertz CT molecular complexity index is 792. The maximum Gasteiger partial charge on any atom is 0.261 e. The van der Waals surface area contributed by atoms with Gasteiger partial charge in [0.1, 0.15) is 18.4 Å². The highest BCUT2D eigenvalue weighted by atomic mass is 16.6. The van der Waals surface area contributed by atoms with Crippen molar-refractivity contribution in [2.75, 3.05) is 52.9 Å². The molecule has 0 spiro atoms. The van der Waals surface area contributed by atoms with Crippen molar-refractivity contribution in [3.63, 3.8) is 0 Å². The summed E-state index contributed by atoms with van der Waals surface area (Å²) in [5, 5.41) is 10.8. The minimum absolute atomic E-state index is 0.0219. The number of likely N-dealkylation sites (tertiary alicyclic amines) is 1. The van der Waals surface area contributed by atoms with Gasteiger partial charge in [-0.3, -0.25) is 29.4 Å². The number of nitrogens with zero attached hydrogens (tertiary/aromatic N) is 1. The number of nitrogens with one attached hydrogen (secondary N) is 1. The van der Waals surface area contributed by atoms with Gasteiger partial charge in [0.25, 0.3) is 5.91 Å². The number of allylic oxidation sites excluding steroid dienone is 2. The summed E-state index contributed by atoms with van der Waals surface area (Å²) in [5.41, 5.74) is 0.244. The number of ether oxygens (including phenoxy) is 4. The highest BCUT2D eigenvalue weighted by Gasteiger charge is 2.51. The predicted molar refractivity (Wildman–Crippen MR) is 108 cm³/mol. The molecule has 176 valence electrons. The van der Waals surface area contributed by atoms with Gasteiger partial charge in [-0.15, -0.1) is 0 Å². The van der Waals surface area contributed by atoms with E-state index in [0.717, 1.165) is 4.90 Å². The van der Waals surface area contributed by atoms with E-state index < -0.39 is 35.6 Å². The Hall–Kier alpha value is -2.60. The third-order valence-corrected chi connectivity index (χ3v) is 5.23. The molecule has 0 bridgehead atoms. The second-order valence-corrected chi connectivity index (χ2v) is 7.36. The van der Waals surface area contributed by atoms with Crippen LogP contribution in [0.15, 0.2) is 23.5 Å². The molecule has 2 saturated heterocycles. The SMILES string of the molecule is O=C1CCC(N2C(=O)C3=C(OCCOCCOCCOCCO)C=CCC3C2=O)C(=O)N1. The summed E-state index contributed by atoms with van der Waals surface area (Å²) in [7, 11) is 0. The second-order valence-electron chi connectivity index (χ2n) is 7.36. The van der Waals surface area contributed by atoms with Gasteiger partial charge in [0.2, 0.25) is 17.7 Å². The Morgan fingerprint density at radius 2 is 1.62 bits per heavy atom. The molecular formula is C21H28N2O9. The van der Waals surface area contributed by atoms with Crippen LogP contribution in [0.3, 0.4) is 0 Å². The van der Waals surface area contributed by atoms with Gasteiger partial charge in [0.05, 0.1) is 57.7 Å². The zero-order chi connectivity index (χ0) is 22.9. The molecule has 11 heteroatoms. The fourth-order valence-corrected chi connectivity index (χ4v) is 3.73. The molecule has 1 aliphatic carbocycles. The van der Waals surface area contributed by atoms with E-state index in [4.69, 9.17) is 24.1 Å². The summed E-state index contributed by atoms with van der Waals surface area (Å²) in [6.07, 6.45) is 3.97. The van der Waals surface area contributed by atoms with Crippen LogP contribution in [0.4, 0.5) is 0 Å².